The van der Waals surface area contributed by atoms with Gasteiger partial charge in [-0.2, -0.15) is 0 Å². The minimum atomic E-state index is 1.16. The summed E-state index contributed by atoms with van der Waals surface area (Å²) >= 11 is 0. The summed E-state index contributed by atoms with van der Waals surface area (Å²) in [5.41, 5.74) is 4.68. The Morgan fingerprint density at radius 1 is 0.636 bits per heavy atom. The average Bonchev–Trinajstić information content (AvgIpc) is 2.58. The Balaban J connectivity index is 2.12. The fraction of sp³-hybridized carbons (Fsp3) is 0.0476. The van der Waals surface area contributed by atoms with Gasteiger partial charge in [0, 0.05) is 17.1 Å². The van der Waals surface area contributed by atoms with Gasteiger partial charge in [-0.05, 0) is 48.9 Å². The van der Waals surface area contributed by atoms with Gasteiger partial charge in [0.15, 0.2) is 0 Å². The van der Waals surface area contributed by atoms with E-state index in [1.165, 1.54) is 5.56 Å². The normalized spacial score (nSPS) is 10.8. The summed E-state index contributed by atoms with van der Waals surface area (Å²) in [5, 5.41) is 0. The van der Waals surface area contributed by atoms with E-state index in [9.17, 15) is 0 Å². The Labute approximate surface area is 132 Å². The Hall–Kier alpha value is -2.80. The van der Waals surface area contributed by atoms with Crippen molar-refractivity contribution < 1.29 is 0 Å². The van der Waals surface area contributed by atoms with Crippen LogP contribution in [0, 0.1) is 0 Å². The number of nitrogens with zero attached hydrogens (tertiary/aromatic N) is 1. The van der Waals surface area contributed by atoms with Gasteiger partial charge in [0.2, 0.25) is 0 Å². The third-order valence-corrected chi connectivity index (χ3v) is 3.52. The molecule has 1 nitrogen and oxygen atoms in total. The topological polar surface area (TPSA) is 3.24 Å². The van der Waals surface area contributed by atoms with E-state index in [-0.39, 0.29) is 0 Å². The molecule has 0 N–H and O–H groups in total. The molecule has 3 aromatic rings. The number of allylic oxidation sites excluding steroid dienone is 1. The van der Waals surface area contributed by atoms with E-state index in [0.29, 0.717) is 0 Å². The fourth-order valence-corrected chi connectivity index (χ4v) is 2.56. The molecule has 0 spiro atoms. The molecule has 1 heteroatoms. The smallest absolute Gasteiger partial charge is 0.0467 e. The van der Waals surface area contributed by atoms with Crippen LogP contribution in [0.1, 0.15) is 12.5 Å². The molecule has 0 fully saturated rings. The van der Waals surface area contributed by atoms with Crippen LogP contribution in [0.5, 0.6) is 0 Å². The molecule has 3 rings (SSSR count). The van der Waals surface area contributed by atoms with Crippen LogP contribution in [-0.2, 0) is 0 Å². The number of benzene rings is 3. The zero-order valence-electron chi connectivity index (χ0n) is 12.7. The summed E-state index contributed by atoms with van der Waals surface area (Å²) in [7, 11) is 0. The highest BCUT2D eigenvalue weighted by Crippen LogP contribution is 2.34. The molecule has 0 unspecified atom stereocenters. The number of para-hydroxylation sites is 2. The summed E-state index contributed by atoms with van der Waals surface area (Å²) in [4.78, 5) is 2.27. The quantitative estimate of drug-likeness (QED) is 0.552. The second-order valence-electron chi connectivity index (χ2n) is 5.10. The lowest BCUT2D eigenvalue weighted by molar-refractivity contribution is 1.28. The molecule has 0 atom stereocenters. The number of anilines is 3. The van der Waals surface area contributed by atoms with E-state index in [4.69, 9.17) is 0 Å². The van der Waals surface area contributed by atoms with E-state index in [0.717, 1.165) is 17.1 Å². The highest BCUT2D eigenvalue weighted by Gasteiger charge is 2.11. The van der Waals surface area contributed by atoms with Crippen LogP contribution in [-0.4, -0.2) is 0 Å². The van der Waals surface area contributed by atoms with Crippen molar-refractivity contribution in [2.24, 2.45) is 0 Å². The van der Waals surface area contributed by atoms with Crippen molar-refractivity contribution in [3.63, 3.8) is 0 Å². The summed E-state index contributed by atoms with van der Waals surface area (Å²) in [6.07, 6.45) is 4.19. The maximum atomic E-state index is 2.27. The largest absolute Gasteiger partial charge is 0.310 e. The van der Waals surface area contributed by atoms with E-state index in [1.54, 1.807) is 0 Å². The van der Waals surface area contributed by atoms with Crippen LogP contribution in [0.2, 0.25) is 0 Å². The summed E-state index contributed by atoms with van der Waals surface area (Å²) in [6.45, 7) is 2.04. The Morgan fingerprint density at radius 3 is 1.73 bits per heavy atom. The number of rotatable bonds is 4. The second-order valence-corrected chi connectivity index (χ2v) is 5.10. The molecule has 0 saturated heterocycles. The van der Waals surface area contributed by atoms with Crippen LogP contribution in [0.15, 0.2) is 91.0 Å². The predicted molar refractivity (Wildman–Crippen MR) is 95.8 cm³/mol. The van der Waals surface area contributed by atoms with Gasteiger partial charge in [-0.1, -0.05) is 60.7 Å². The van der Waals surface area contributed by atoms with Gasteiger partial charge in [0.25, 0.3) is 0 Å². The third kappa shape index (κ3) is 3.09. The van der Waals surface area contributed by atoms with Crippen molar-refractivity contribution in [2.45, 2.75) is 6.92 Å². The molecule has 22 heavy (non-hydrogen) atoms. The van der Waals surface area contributed by atoms with E-state index < -0.39 is 0 Å². The Bertz CT molecular complexity index is 706. The van der Waals surface area contributed by atoms with Crippen LogP contribution >= 0.6 is 0 Å². The third-order valence-electron chi connectivity index (χ3n) is 3.52. The lowest BCUT2D eigenvalue weighted by Crippen LogP contribution is -2.09. The summed E-state index contributed by atoms with van der Waals surface area (Å²) in [6, 6.07) is 29.5. The first-order valence-corrected chi connectivity index (χ1v) is 7.51. The first-order chi connectivity index (χ1) is 10.9. The van der Waals surface area contributed by atoms with Crippen LogP contribution in [0.3, 0.4) is 0 Å². The molecular formula is C21H19N. The molecule has 0 saturated carbocycles. The van der Waals surface area contributed by atoms with Gasteiger partial charge >= 0.3 is 0 Å². The predicted octanol–water partition coefficient (Wildman–Crippen LogP) is 6.19. The molecule has 0 amide bonds. The zero-order chi connectivity index (χ0) is 15.2. The van der Waals surface area contributed by atoms with Crippen molar-refractivity contribution in [1.29, 1.82) is 0 Å². The monoisotopic (exact) mass is 285 g/mol. The molecule has 108 valence electrons. The number of hydrogen-bond donors (Lipinski definition) is 0. The summed E-state index contributed by atoms with van der Waals surface area (Å²) in [5.74, 6) is 0. The van der Waals surface area contributed by atoms with Gasteiger partial charge in [-0.15, -0.1) is 0 Å². The second kappa shape index (κ2) is 6.77. The molecule has 0 heterocycles. The van der Waals surface area contributed by atoms with Crippen molar-refractivity contribution in [3.05, 3.63) is 96.6 Å². The maximum Gasteiger partial charge on any atom is 0.0467 e. The molecule has 0 radical (unpaired) electrons. The first kappa shape index (κ1) is 14.2. The highest BCUT2D eigenvalue weighted by molar-refractivity contribution is 5.77. The fourth-order valence-electron chi connectivity index (χ4n) is 2.56. The van der Waals surface area contributed by atoms with Crippen molar-refractivity contribution in [2.75, 3.05) is 4.90 Å². The first-order valence-electron chi connectivity index (χ1n) is 7.51. The summed E-state index contributed by atoms with van der Waals surface area (Å²) < 4.78 is 0. The Morgan fingerprint density at radius 2 is 1.18 bits per heavy atom. The molecule has 0 aliphatic carbocycles. The van der Waals surface area contributed by atoms with E-state index >= 15 is 0 Å². The van der Waals surface area contributed by atoms with Gasteiger partial charge < -0.3 is 4.90 Å². The standard InChI is InChI=1S/C21H19N/c1-2-10-18-11-9-16-21(17-18)22(19-12-5-3-6-13-19)20-14-7-4-8-15-20/h2-17H,1H3/b10-2+. The van der Waals surface area contributed by atoms with Gasteiger partial charge in [0.1, 0.15) is 0 Å². The van der Waals surface area contributed by atoms with E-state index in [2.05, 4.69) is 89.8 Å². The maximum absolute atomic E-state index is 2.27. The van der Waals surface area contributed by atoms with Crippen LogP contribution in [0.4, 0.5) is 17.1 Å². The Kier molecular flexibility index (Phi) is 4.35. The lowest BCUT2D eigenvalue weighted by atomic mass is 10.1. The van der Waals surface area contributed by atoms with Gasteiger partial charge in [-0.25, -0.2) is 0 Å². The van der Waals surface area contributed by atoms with Crippen molar-refractivity contribution >= 4 is 23.1 Å². The van der Waals surface area contributed by atoms with Crippen LogP contribution < -0.4 is 4.90 Å². The minimum absolute atomic E-state index is 1.16. The SMILES string of the molecule is C/C=C/c1cccc(N(c2ccccc2)c2ccccc2)c1. The number of hydrogen-bond acceptors (Lipinski definition) is 1. The average molecular weight is 285 g/mol. The van der Waals surface area contributed by atoms with E-state index in [1.807, 2.05) is 19.1 Å². The van der Waals surface area contributed by atoms with Crippen molar-refractivity contribution in [3.8, 4) is 0 Å². The molecule has 0 aliphatic heterocycles. The highest BCUT2D eigenvalue weighted by atomic mass is 15.1. The zero-order valence-corrected chi connectivity index (χ0v) is 12.7. The van der Waals surface area contributed by atoms with Crippen molar-refractivity contribution in [1.82, 2.24) is 0 Å². The molecule has 3 aromatic carbocycles. The lowest BCUT2D eigenvalue weighted by Gasteiger charge is -2.25. The van der Waals surface area contributed by atoms with Crippen LogP contribution in [0.25, 0.3) is 6.08 Å². The molecule has 0 aromatic heterocycles. The molecule has 0 bridgehead atoms. The minimum Gasteiger partial charge on any atom is -0.310 e. The van der Waals surface area contributed by atoms with Gasteiger partial charge in [0.05, 0.1) is 0 Å². The molecular weight excluding hydrogens is 266 g/mol. The van der Waals surface area contributed by atoms with Gasteiger partial charge in [-0.3, -0.25) is 0 Å². The molecule has 0 aliphatic rings.